The fourth-order valence-corrected chi connectivity index (χ4v) is 7.40. The summed E-state index contributed by atoms with van der Waals surface area (Å²) in [4.78, 5) is 2.47. The summed E-state index contributed by atoms with van der Waals surface area (Å²) in [5.41, 5.74) is 5.40. The summed E-state index contributed by atoms with van der Waals surface area (Å²) in [6, 6.07) is 41.8. The summed E-state index contributed by atoms with van der Waals surface area (Å²) in [6.07, 6.45) is 1.67. The van der Waals surface area contributed by atoms with Gasteiger partial charge in [0, 0.05) is 18.4 Å². The van der Waals surface area contributed by atoms with E-state index in [1.165, 1.54) is 5.56 Å². The highest BCUT2D eigenvalue weighted by Gasteiger charge is 2.60. The number of hydrogen-bond acceptors (Lipinski definition) is 4. The van der Waals surface area contributed by atoms with E-state index in [1.54, 1.807) is 37.6 Å². The zero-order valence-corrected chi connectivity index (χ0v) is 26.3. The SMILES string of the molecule is COc1ccc2c(c1)[C@@](C)(c1ccccc1)[C@@](/C=N/S(=O)(=O)c1ccc(C)cc1)(c1ccccc1)N2Cc1ccc(C)cc1. The topological polar surface area (TPSA) is 59.0 Å². The van der Waals surface area contributed by atoms with Gasteiger partial charge in [-0.3, -0.25) is 0 Å². The average molecular weight is 601 g/mol. The van der Waals surface area contributed by atoms with Crippen molar-refractivity contribution < 1.29 is 13.2 Å². The lowest BCUT2D eigenvalue weighted by Crippen LogP contribution is -2.56. The number of aryl methyl sites for hydroxylation is 2. The van der Waals surface area contributed by atoms with Crippen molar-refractivity contribution in [2.45, 2.75) is 43.2 Å². The molecule has 0 fully saturated rings. The molecular formula is C38H36N2O3S. The van der Waals surface area contributed by atoms with Crippen LogP contribution in [0.1, 0.15) is 40.3 Å². The van der Waals surface area contributed by atoms with Crippen molar-refractivity contribution in [1.82, 2.24) is 0 Å². The Kier molecular flexibility index (Phi) is 7.64. The molecule has 0 aliphatic carbocycles. The molecule has 2 atom stereocenters. The Balaban J connectivity index is 1.69. The van der Waals surface area contributed by atoms with Gasteiger partial charge in [-0.05, 0) is 73.4 Å². The number of benzene rings is 5. The standard InChI is InChI=1S/C38H36N2O3S/c1-28-15-19-30(20-16-28)26-40-36-24-21-33(43-4)25-35(36)37(3,31-11-7-5-8-12-31)38(40,32-13-9-6-10-14-32)27-39-44(41,42)34-22-17-29(2)18-23-34/h5-25,27H,26H2,1-4H3/b39-27+/t37-,38-/m1/s1. The van der Waals surface area contributed by atoms with Gasteiger partial charge in [0.25, 0.3) is 10.0 Å². The first-order valence-corrected chi connectivity index (χ1v) is 16.1. The van der Waals surface area contributed by atoms with Crippen LogP contribution >= 0.6 is 0 Å². The minimum Gasteiger partial charge on any atom is -0.497 e. The maximum atomic E-state index is 13.9. The lowest BCUT2D eigenvalue weighted by molar-refractivity contribution is 0.385. The van der Waals surface area contributed by atoms with Crippen molar-refractivity contribution in [2.24, 2.45) is 4.40 Å². The van der Waals surface area contributed by atoms with E-state index in [0.717, 1.165) is 39.3 Å². The van der Waals surface area contributed by atoms with Crippen LogP contribution in [0.15, 0.2) is 137 Å². The first-order chi connectivity index (χ1) is 21.2. The first kappa shape index (κ1) is 29.4. The highest BCUT2D eigenvalue weighted by atomic mass is 32.2. The Morgan fingerprint density at radius 2 is 1.32 bits per heavy atom. The van der Waals surface area contributed by atoms with Crippen LogP contribution in [0.5, 0.6) is 5.75 Å². The van der Waals surface area contributed by atoms with Crippen molar-refractivity contribution in [3.8, 4) is 5.75 Å². The number of ether oxygens (including phenoxy) is 1. The molecule has 5 aromatic carbocycles. The largest absolute Gasteiger partial charge is 0.497 e. The maximum Gasteiger partial charge on any atom is 0.282 e. The molecule has 0 saturated carbocycles. The van der Waals surface area contributed by atoms with Crippen LogP contribution in [-0.2, 0) is 27.5 Å². The van der Waals surface area contributed by atoms with Gasteiger partial charge in [0.1, 0.15) is 11.3 Å². The molecular weight excluding hydrogens is 564 g/mol. The molecule has 6 heteroatoms. The van der Waals surface area contributed by atoms with E-state index >= 15 is 0 Å². The predicted octanol–water partition coefficient (Wildman–Crippen LogP) is 7.99. The molecule has 1 aliphatic heterocycles. The van der Waals surface area contributed by atoms with Gasteiger partial charge in [-0.1, -0.05) is 108 Å². The Bertz CT molecular complexity index is 1910. The number of fused-ring (bicyclic) bond motifs is 1. The molecule has 0 N–H and O–H groups in total. The van der Waals surface area contributed by atoms with E-state index in [1.807, 2.05) is 49.4 Å². The molecule has 0 saturated heterocycles. The number of rotatable bonds is 8. The van der Waals surface area contributed by atoms with Gasteiger partial charge in [0.15, 0.2) is 0 Å². The highest BCUT2D eigenvalue weighted by molar-refractivity contribution is 7.90. The van der Waals surface area contributed by atoms with Gasteiger partial charge in [-0.25, -0.2) is 0 Å². The third-order valence-corrected chi connectivity index (χ3v) is 10.2. The van der Waals surface area contributed by atoms with Gasteiger partial charge in [-0.2, -0.15) is 12.8 Å². The second-order valence-corrected chi connectivity index (χ2v) is 13.2. The molecule has 44 heavy (non-hydrogen) atoms. The quantitative estimate of drug-likeness (QED) is 0.169. The third kappa shape index (κ3) is 4.89. The molecule has 0 spiro atoms. The minimum absolute atomic E-state index is 0.159. The molecule has 0 bridgehead atoms. The predicted molar refractivity (Wildman–Crippen MR) is 178 cm³/mol. The lowest BCUT2D eigenvalue weighted by atomic mass is 9.62. The Labute approximate surface area is 260 Å². The molecule has 5 nitrogen and oxygen atoms in total. The summed E-state index contributed by atoms with van der Waals surface area (Å²) in [5.74, 6) is 0.731. The average Bonchev–Trinajstić information content (AvgIpc) is 3.26. The number of sulfonamides is 1. The highest BCUT2D eigenvalue weighted by Crippen LogP contribution is 2.60. The molecule has 0 unspecified atom stereocenters. The Morgan fingerprint density at radius 1 is 0.750 bits per heavy atom. The van der Waals surface area contributed by atoms with E-state index in [2.05, 4.69) is 83.8 Å². The number of hydrogen-bond donors (Lipinski definition) is 0. The molecule has 1 aliphatic rings. The smallest absolute Gasteiger partial charge is 0.282 e. The molecule has 222 valence electrons. The van der Waals surface area contributed by atoms with Crippen LogP contribution in [0.3, 0.4) is 0 Å². The second-order valence-electron chi connectivity index (χ2n) is 11.6. The van der Waals surface area contributed by atoms with Crippen LogP contribution < -0.4 is 9.64 Å². The molecule has 0 amide bonds. The molecule has 0 aromatic heterocycles. The van der Waals surface area contributed by atoms with Crippen LogP contribution in [0.25, 0.3) is 0 Å². The van der Waals surface area contributed by atoms with Crippen molar-refractivity contribution >= 4 is 21.9 Å². The zero-order chi connectivity index (χ0) is 31.0. The maximum absolute atomic E-state index is 13.9. The minimum atomic E-state index is -4.03. The second kappa shape index (κ2) is 11.4. The third-order valence-electron chi connectivity index (χ3n) is 8.94. The van der Waals surface area contributed by atoms with Gasteiger partial charge in [0.2, 0.25) is 0 Å². The van der Waals surface area contributed by atoms with Crippen LogP contribution in [0, 0.1) is 13.8 Å². The van der Waals surface area contributed by atoms with E-state index in [4.69, 9.17) is 4.74 Å². The van der Waals surface area contributed by atoms with Gasteiger partial charge >= 0.3 is 0 Å². The van der Waals surface area contributed by atoms with E-state index in [9.17, 15) is 8.42 Å². The van der Waals surface area contributed by atoms with Gasteiger partial charge in [-0.15, -0.1) is 0 Å². The monoisotopic (exact) mass is 600 g/mol. The Morgan fingerprint density at radius 3 is 1.91 bits per heavy atom. The summed E-state index contributed by atoms with van der Waals surface area (Å²) in [7, 11) is -2.36. The van der Waals surface area contributed by atoms with E-state index in [0.29, 0.717) is 6.54 Å². The summed E-state index contributed by atoms with van der Waals surface area (Å²) in [6.45, 7) is 6.72. The van der Waals surface area contributed by atoms with Crippen LogP contribution in [0.4, 0.5) is 5.69 Å². The van der Waals surface area contributed by atoms with Crippen LogP contribution in [-0.4, -0.2) is 21.7 Å². The van der Waals surface area contributed by atoms with E-state index < -0.39 is 21.0 Å². The molecule has 0 radical (unpaired) electrons. The van der Waals surface area contributed by atoms with Gasteiger partial charge in [0.05, 0.1) is 17.4 Å². The number of nitrogens with zero attached hydrogens (tertiary/aromatic N) is 2. The van der Waals surface area contributed by atoms with Gasteiger partial charge < -0.3 is 9.64 Å². The normalized spacial score (nSPS) is 19.7. The summed E-state index contributed by atoms with van der Waals surface area (Å²) in [5, 5.41) is 0. The van der Waals surface area contributed by atoms with Crippen molar-refractivity contribution in [3.05, 3.63) is 161 Å². The summed E-state index contributed by atoms with van der Waals surface area (Å²) < 4.78 is 38.0. The summed E-state index contributed by atoms with van der Waals surface area (Å²) >= 11 is 0. The van der Waals surface area contributed by atoms with Crippen molar-refractivity contribution in [2.75, 3.05) is 12.0 Å². The fourth-order valence-electron chi connectivity index (χ4n) is 6.50. The molecule has 6 rings (SSSR count). The molecule has 1 heterocycles. The van der Waals surface area contributed by atoms with Crippen LogP contribution in [0.2, 0.25) is 0 Å². The van der Waals surface area contributed by atoms with Crippen molar-refractivity contribution in [1.29, 1.82) is 0 Å². The van der Waals surface area contributed by atoms with Crippen molar-refractivity contribution in [3.63, 3.8) is 0 Å². The molecule has 5 aromatic rings. The fraction of sp³-hybridized carbons (Fsp3) is 0.184. The number of methoxy groups -OCH3 is 1. The lowest BCUT2D eigenvalue weighted by Gasteiger charge is -2.47. The zero-order valence-electron chi connectivity index (χ0n) is 25.4. The number of anilines is 1. The first-order valence-electron chi connectivity index (χ1n) is 14.7. The van der Waals surface area contributed by atoms with E-state index in [-0.39, 0.29) is 4.90 Å². The Hall–Kier alpha value is -4.68.